The Hall–Kier alpha value is -3.78. The highest BCUT2D eigenvalue weighted by Crippen LogP contribution is 2.26. The Kier molecular flexibility index (Phi) is 31.5. The minimum atomic E-state index is 0.221. The third kappa shape index (κ3) is 32.1. The van der Waals surface area contributed by atoms with Crippen LogP contribution >= 0.6 is 0 Å². The summed E-state index contributed by atoms with van der Waals surface area (Å²) in [5, 5.41) is 0. The van der Waals surface area contributed by atoms with Gasteiger partial charge in [0.2, 0.25) is 0 Å². The zero-order valence-corrected chi connectivity index (χ0v) is 38.8. The molecule has 0 amide bonds. The first-order valence-electron chi connectivity index (χ1n) is 21.5. The second-order valence-electron chi connectivity index (χ2n) is 15.0. The molecule has 342 valence electrons. The van der Waals surface area contributed by atoms with E-state index in [1.807, 2.05) is 156 Å². The number of rotatable bonds is 30. The summed E-state index contributed by atoms with van der Waals surface area (Å²) in [5.41, 5.74) is 0. The van der Waals surface area contributed by atoms with Gasteiger partial charge in [0.05, 0.1) is 76.3 Å². The van der Waals surface area contributed by atoms with Crippen molar-refractivity contribution in [3.8, 4) is 34.5 Å². The van der Waals surface area contributed by atoms with Crippen molar-refractivity contribution in [1.29, 1.82) is 0 Å². The van der Waals surface area contributed by atoms with Crippen LogP contribution < -0.4 is 28.4 Å². The van der Waals surface area contributed by atoms with E-state index in [1.165, 1.54) is 0 Å². The summed E-state index contributed by atoms with van der Waals surface area (Å²) in [6.45, 7) is 30.8. The van der Waals surface area contributed by atoms with Gasteiger partial charge in [-0.05, 0) is 132 Å². The Labute approximate surface area is 362 Å². The van der Waals surface area contributed by atoms with Crippen molar-refractivity contribution in [3.63, 3.8) is 0 Å². The fourth-order valence-corrected chi connectivity index (χ4v) is 4.62. The van der Waals surface area contributed by atoms with Crippen LogP contribution in [-0.4, -0.2) is 116 Å². The second kappa shape index (κ2) is 34.9. The van der Waals surface area contributed by atoms with Gasteiger partial charge >= 0.3 is 0 Å². The lowest BCUT2D eigenvalue weighted by Gasteiger charge is -2.14. The van der Waals surface area contributed by atoms with Gasteiger partial charge in [0.25, 0.3) is 0 Å². The van der Waals surface area contributed by atoms with Gasteiger partial charge in [-0.3, -0.25) is 0 Å². The lowest BCUT2D eigenvalue weighted by atomic mass is 10.3. The van der Waals surface area contributed by atoms with E-state index in [-0.39, 0.29) is 36.6 Å². The molecule has 0 saturated heterocycles. The Bertz CT molecular complexity index is 1310. The molecule has 0 aromatic heterocycles. The van der Waals surface area contributed by atoms with Crippen LogP contribution in [0.1, 0.15) is 83.1 Å². The molecule has 0 saturated carbocycles. The van der Waals surface area contributed by atoms with Crippen LogP contribution in [-0.2, 0) is 28.4 Å². The van der Waals surface area contributed by atoms with Crippen molar-refractivity contribution in [2.24, 2.45) is 0 Å². The fraction of sp³-hybridized carbons (Fsp3) is 0.625. The van der Waals surface area contributed by atoms with Gasteiger partial charge < -0.3 is 56.8 Å². The van der Waals surface area contributed by atoms with E-state index in [2.05, 4.69) is 0 Å². The summed E-state index contributed by atoms with van der Waals surface area (Å²) in [5.74, 6) is 4.71. The molecular formula is C48H78O12. The molecule has 0 unspecified atom stereocenters. The maximum atomic E-state index is 5.67. The average molecular weight is 847 g/mol. The first-order chi connectivity index (χ1) is 28.7. The Morgan fingerprint density at radius 3 is 0.783 bits per heavy atom. The molecule has 60 heavy (non-hydrogen) atoms. The van der Waals surface area contributed by atoms with Gasteiger partial charge in [0.15, 0.2) is 11.5 Å². The van der Waals surface area contributed by atoms with Gasteiger partial charge in [0, 0.05) is 6.07 Å². The largest absolute Gasteiger partial charge is 0.491 e. The molecule has 0 fully saturated rings. The monoisotopic (exact) mass is 847 g/mol. The molecule has 0 aliphatic rings. The van der Waals surface area contributed by atoms with Gasteiger partial charge in [-0.25, -0.2) is 0 Å². The van der Waals surface area contributed by atoms with Crippen LogP contribution in [0.4, 0.5) is 0 Å². The molecular weight excluding hydrogens is 769 g/mol. The molecule has 3 rings (SSSR count). The van der Waals surface area contributed by atoms with Gasteiger partial charge in [-0.15, -0.1) is 0 Å². The molecule has 0 aliphatic carbocycles. The standard InChI is InChI=1S/3C16H26O4/c1-13(2)17-9-11-19-15-5-7-16(8-6-15)20-12-10-18-14(3)4;1-13(2)17-8-10-19-15-6-5-7-16(12-15)20-11-9-18-14(3)4;1-13(2)17-9-11-19-15-7-5-6-8-16(15)20-12-10-18-14(3)4/h5-8,13-14H,9-12H2,1-4H3;5-7,12-14H,8-11H2,1-4H3;5-8,13-14H,9-12H2,1-4H3. The molecule has 0 atom stereocenters. The van der Waals surface area contributed by atoms with Crippen molar-refractivity contribution >= 4 is 0 Å². The highest BCUT2D eigenvalue weighted by atomic mass is 16.6. The number of benzene rings is 3. The summed E-state index contributed by atoms with van der Waals surface area (Å²) in [6.07, 6.45) is 1.38. The predicted molar refractivity (Wildman–Crippen MR) is 239 cm³/mol. The maximum absolute atomic E-state index is 5.67. The van der Waals surface area contributed by atoms with Gasteiger partial charge in [0.1, 0.15) is 62.6 Å². The summed E-state index contributed by atoms with van der Waals surface area (Å²) >= 11 is 0. The summed E-state index contributed by atoms with van der Waals surface area (Å²) < 4.78 is 66.2. The molecule has 0 N–H and O–H groups in total. The maximum Gasteiger partial charge on any atom is 0.161 e. The summed E-state index contributed by atoms with van der Waals surface area (Å²) in [6, 6.07) is 22.8. The Morgan fingerprint density at radius 2 is 0.517 bits per heavy atom. The summed E-state index contributed by atoms with van der Waals surface area (Å²) in [7, 11) is 0. The summed E-state index contributed by atoms with van der Waals surface area (Å²) in [4.78, 5) is 0. The van der Waals surface area contributed by atoms with E-state index >= 15 is 0 Å². The minimum Gasteiger partial charge on any atom is -0.491 e. The predicted octanol–water partition coefficient (Wildman–Crippen LogP) is 9.88. The quantitative estimate of drug-likeness (QED) is 0.0596. The van der Waals surface area contributed by atoms with E-state index in [0.717, 1.165) is 34.5 Å². The van der Waals surface area contributed by atoms with Crippen LogP contribution in [0.3, 0.4) is 0 Å². The van der Waals surface area contributed by atoms with Gasteiger partial charge in [-0.1, -0.05) is 18.2 Å². The van der Waals surface area contributed by atoms with E-state index < -0.39 is 0 Å². The van der Waals surface area contributed by atoms with Crippen LogP contribution in [0.15, 0.2) is 72.8 Å². The smallest absolute Gasteiger partial charge is 0.161 e. The number of para-hydroxylation sites is 2. The topological polar surface area (TPSA) is 111 Å². The molecule has 0 bridgehead atoms. The van der Waals surface area contributed by atoms with Crippen LogP contribution in [0.25, 0.3) is 0 Å². The molecule has 3 aromatic rings. The first-order valence-corrected chi connectivity index (χ1v) is 21.5. The highest BCUT2D eigenvalue weighted by molar-refractivity contribution is 5.39. The van der Waals surface area contributed by atoms with Crippen LogP contribution in [0.5, 0.6) is 34.5 Å². The Morgan fingerprint density at radius 1 is 0.267 bits per heavy atom. The van der Waals surface area contributed by atoms with Crippen molar-refractivity contribution in [2.75, 3.05) is 79.3 Å². The van der Waals surface area contributed by atoms with Crippen LogP contribution in [0, 0.1) is 0 Å². The fourth-order valence-electron chi connectivity index (χ4n) is 4.62. The zero-order valence-electron chi connectivity index (χ0n) is 38.8. The molecule has 0 radical (unpaired) electrons. The number of hydrogen-bond acceptors (Lipinski definition) is 12. The average Bonchev–Trinajstić information content (AvgIpc) is 3.20. The lowest BCUT2D eigenvalue weighted by molar-refractivity contribution is 0.0491. The first kappa shape index (κ1) is 54.2. The van der Waals surface area contributed by atoms with Crippen molar-refractivity contribution < 1.29 is 56.8 Å². The van der Waals surface area contributed by atoms with Gasteiger partial charge in [-0.2, -0.15) is 0 Å². The highest BCUT2D eigenvalue weighted by Gasteiger charge is 2.06. The molecule has 0 heterocycles. The van der Waals surface area contributed by atoms with E-state index in [9.17, 15) is 0 Å². The zero-order chi connectivity index (χ0) is 44.4. The minimum absolute atomic E-state index is 0.221. The van der Waals surface area contributed by atoms with Crippen molar-refractivity contribution in [2.45, 2.75) is 120 Å². The molecule has 12 nitrogen and oxygen atoms in total. The molecule has 0 spiro atoms. The molecule has 3 aromatic carbocycles. The van der Waals surface area contributed by atoms with Crippen molar-refractivity contribution in [3.05, 3.63) is 72.8 Å². The Balaban J connectivity index is 0.000000450. The van der Waals surface area contributed by atoms with Crippen molar-refractivity contribution in [1.82, 2.24) is 0 Å². The third-order valence-corrected chi connectivity index (χ3v) is 7.28. The number of ether oxygens (including phenoxy) is 12. The van der Waals surface area contributed by atoms with E-state index in [0.29, 0.717) is 79.3 Å². The molecule has 12 heteroatoms. The van der Waals surface area contributed by atoms with Crippen LogP contribution in [0.2, 0.25) is 0 Å². The lowest BCUT2D eigenvalue weighted by Crippen LogP contribution is -2.13. The van der Waals surface area contributed by atoms with E-state index in [1.54, 1.807) is 0 Å². The number of hydrogen-bond donors (Lipinski definition) is 0. The molecule has 0 aliphatic heterocycles. The normalized spacial score (nSPS) is 11.1. The second-order valence-corrected chi connectivity index (χ2v) is 15.0. The van der Waals surface area contributed by atoms with E-state index in [4.69, 9.17) is 56.8 Å². The SMILES string of the molecule is CC(C)OCCOc1ccc(OCCOC(C)C)cc1.CC(C)OCCOc1cccc(OCCOC(C)C)c1.CC(C)OCCOc1ccccc1OCCOC(C)C. The third-order valence-electron chi connectivity index (χ3n) is 7.28.